The van der Waals surface area contributed by atoms with Gasteiger partial charge in [-0.05, 0) is 24.3 Å². The smallest absolute Gasteiger partial charge is 0.272 e. The first kappa shape index (κ1) is 15.4. The summed E-state index contributed by atoms with van der Waals surface area (Å²) in [4.78, 5) is 32.1. The summed E-state index contributed by atoms with van der Waals surface area (Å²) in [6.45, 7) is 2.66. The molecule has 0 spiro atoms. The normalized spacial score (nSPS) is 16.7. The van der Waals surface area contributed by atoms with Crippen LogP contribution in [0.2, 0.25) is 0 Å². The van der Waals surface area contributed by atoms with E-state index in [0.717, 1.165) is 5.69 Å². The van der Waals surface area contributed by atoms with Gasteiger partial charge in [0.25, 0.3) is 11.8 Å². The van der Waals surface area contributed by atoms with Crippen molar-refractivity contribution in [3.8, 4) is 5.75 Å². The Morgan fingerprint density at radius 3 is 2.68 bits per heavy atom. The summed E-state index contributed by atoms with van der Waals surface area (Å²) >= 11 is 0. The van der Waals surface area contributed by atoms with E-state index in [-0.39, 0.29) is 18.4 Å². The fourth-order valence-electron chi connectivity index (χ4n) is 3.15. The van der Waals surface area contributed by atoms with Crippen molar-refractivity contribution in [3.05, 3.63) is 48.3 Å². The average molecular weight is 338 g/mol. The van der Waals surface area contributed by atoms with Gasteiger partial charge in [-0.25, -0.2) is 0 Å². The number of benzene rings is 1. The van der Waals surface area contributed by atoms with E-state index in [2.05, 4.69) is 15.2 Å². The van der Waals surface area contributed by atoms with Crippen LogP contribution in [0.4, 0.5) is 11.4 Å². The Labute approximate surface area is 145 Å². The zero-order valence-electron chi connectivity index (χ0n) is 13.6. The molecule has 4 rings (SSSR count). The summed E-state index contributed by atoms with van der Waals surface area (Å²) in [7, 11) is 0. The van der Waals surface area contributed by atoms with Gasteiger partial charge in [-0.2, -0.15) is 0 Å². The highest BCUT2D eigenvalue weighted by Gasteiger charge is 2.27. The van der Waals surface area contributed by atoms with Crippen LogP contribution >= 0.6 is 0 Å². The highest BCUT2D eigenvalue weighted by molar-refractivity contribution is 5.97. The Balaban J connectivity index is 1.47. The molecule has 0 saturated carbocycles. The van der Waals surface area contributed by atoms with Gasteiger partial charge in [0.1, 0.15) is 5.69 Å². The van der Waals surface area contributed by atoms with E-state index >= 15 is 0 Å². The predicted octanol–water partition coefficient (Wildman–Crippen LogP) is 1.37. The van der Waals surface area contributed by atoms with Gasteiger partial charge in [0.2, 0.25) is 0 Å². The number of fused-ring (bicyclic) bond motifs is 1. The van der Waals surface area contributed by atoms with Gasteiger partial charge < -0.3 is 19.9 Å². The molecular weight excluding hydrogens is 320 g/mol. The predicted molar refractivity (Wildman–Crippen MR) is 92.9 cm³/mol. The summed E-state index contributed by atoms with van der Waals surface area (Å²) in [6, 6.07) is 11.1. The molecule has 1 N–H and O–H groups in total. The van der Waals surface area contributed by atoms with Crippen molar-refractivity contribution in [2.75, 3.05) is 43.0 Å². The quantitative estimate of drug-likeness (QED) is 0.895. The molecule has 25 heavy (non-hydrogen) atoms. The third-order valence-corrected chi connectivity index (χ3v) is 4.41. The van der Waals surface area contributed by atoms with Gasteiger partial charge in [0.15, 0.2) is 12.4 Å². The van der Waals surface area contributed by atoms with Crippen molar-refractivity contribution in [1.29, 1.82) is 0 Å². The van der Waals surface area contributed by atoms with Crippen LogP contribution in [-0.4, -0.2) is 54.5 Å². The molecule has 128 valence electrons. The Kier molecular flexibility index (Phi) is 3.97. The molecule has 0 aliphatic carbocycles. The van der Waals surface area contributed by atoms with Gasteiger partial charge in [0.05, 0.1) is 11.4 Å². The largest absolute Gasteiger partial charge is 0.479 e. The Morgan fingerprint density at radius 1 is 1.08 bits per heavy atom. The van der Waals surface area contributed by atoms with Crippen molar-refractivity contribution in [2.24, 2.45) is 0 Å². The Hall–Kier alpha value is -3.09. The van der Waals surface area contributed by atoms with E-state index in [1.807, 2.05) is 29.2 Å². The number of para-hydroxylation sites is 1. The summed E-state index contributed by atoms with van der Waals surface area (Å²) in [5, 5.41) is 2.82. The first-order valence-corrected chi connectivity index (χ1v) is 8.23. The Bertz CT molecular complexity index is 801. The summed E-state index contributed by atoms with van der Waals surface area (Å²) in [5.41, 5.74) is 2.11. The maximum Gasteiger partial charge on any atom is 0.272 e. The molecule has 0 radical (unpaired) electrons. The topological polar surface area (TPSA) is 74.8 Å². The van der Waals surface area contributed by atoms with E-state index in [1.54, 1.807) is 18.3 Å². The molecule has 0 unspecified atom stereocenters. The van der Waals surface area contributed by atoms with Gasteiger partial charge in [0, 0.05) is 32.4 Å². The number of carbonyl (C=O) groups excluding carboxylic acids is 2. The molecule has 1 aromatic carbocycles. The van der Waals surface area contributed by atoms with Gasteiger partial charge in [-0.1, -0.05) is 12.1 Å². The number of hydrogen-bond acceptors (Lipinski definition) is 5. The molecule has 1 fully saturated rings. The molecule has 7 nitrogen and oxygen atoms in total. The maximum absolute atomic E-state index is 12.5. The number of amides is 2. The number of piperazine rings is 1. The molecule has 2 aliphatic rings. The van der Waals surface area contributed by atoms with E-state index in [4.69, 9.17) is 4.74 Å². The molecular formula is C18H18N4O3. The van der Waals surface area contributed by atoms with Crippen molar-refractivity contribution < 1.29 is 14.3 Å². The number of carbonyl (C=O) groups is 2. The van der Waals surface area contributed by atoms with Crippen LogP contribution in [0.15, 0.2) is 42.6 Å². The lowest BCUT2D eigenvalue weighted by Crippen LogP contribution is -2.49. The first-order valence-electron chi connectivity index (χ1n) is 8.23. The zero-order valence-corrected chi connectivity index (χ0v) is 13.6. The number of hydrogen-bond donors (Lipinski definition) is 1. The van der Waals surface area contributed by atoms with Crippen LogP contribution in [0.25, 0.3) is 0 Å². The number of ether oxygens (including phenoxy) is 1. The lowest BCUT2D eigenvalue weighted by Gasteiger charge is -2.37. The molecule has 0 atom stereocenters. The number of pyridine rings is 1. The van der Waals surface area contributed by atoms with Crippen molar-refractivity contribution >= 4 is 23.2 Å². The third kappa shape index (κ3) is 3.00. The summed E-state index contributed by atoms with van der Waals surface area (Å²) < 4.78 is 5.62. The molecule has 0 bridgehead atoms. The molecule has 1 aromatic heterocycles. The van der Waals surface area contributed by atoms with E-state index < -0.39 is 0 Å². The van der Waals surface area contributed by atoms with Gasteiger partial charge in [-0.15, -0.1) is 0 Å². The number of anilines is 2. The van der Waals surface area contributed by atoms with Crippen LogP contribution in [-0.2, 0) is 4.79 Å². The molecule has 2 aliphatic heterocycles. The van der Waals surface area contributed by atoms with Crippen LogP contribution in [0.3, 0.4) is 0 Å². The van der Waals surface area contributed by atoms with Crippen LogP contribution in [0.5, 0.6) is 5.75 Å². The molecule has 2 amide bonds. The minimum atomic E-state index is -0.143. The fraction of sp³-hybridized carbons (Fsp3) is 0.278. The SMILES string of the molecule is O=C1COc2c(cccc2N2CCN(C(=O)c3ccccn3)CC2)N1. The number of rotatable bonds is 2. The first-order chi connectivity index (χ1) is 12.2. The minimum absolute atomic E-state index is 0.0299. The second kappa shape index (κ2) is 6.43. The molecule has 3 heterocycles. The molecule has 7 heteroatoms. The Morgan fingerprint density at radius 2 is 1.92 bits per heavy atom. The lowest BCUT2D eigenvalue weighted by molar-refractivity contribution is -0.118. The monoisotopic (exact) mass is 338 g/mol. The summed E-state index contributed by atoms with van der Waals surface area (Å²) in [6.07, 6.45) is 1.63. The van der Waals surface area contributed by atoms with Crippen molar-refractivity contribution in [2.45, 2.75) is 0 Å². The summed E-state index contributed by atoms with van der Waals surface area (Å²) in [5.74, 6) is 0.515. The minimum Gasteiger partial charge on any atom is -0.479 e. The van der Waals surface area contributed by atoms with Crippen LogP contribution in [0.1, 0.15) is 10.5 Å². The zero-order chi connectivity index (χ0) is 17.2. The molecule has 2 aromatic rings. The third-order valence-electron chi connectivity index (χ3n) is 4.41. The lowest BCUT2D eigenvalue weighted by atomic mass is 10.2. The maximum atomic E-state index is 12.5. The van der Waals surface area contributed by atoms with E-state index in [9.17, 15) is 9.59 Å². The van der Waals surface area contributed by atoms with Crippen molar-refractivity contribution in [1.82, 2.24) is 9.88 Å². The average Bonchev–Trinajstić information content (AvgIpc) is 2.67. The number of nitrogens with one attached hydrogen (secondary N) is 1. The van der Waals surface area contributed by atoms with E-state index in [0.29, 0.717) is 43.3 Å². The van der Waals surface area contributed by atoms with Gasteiger partial charge >= 0.3 is 0 Å². The van der Waals surface area contributed by atoms with Crippen molar-refractivity contribution in [3.63, 3.8) is 0 Å². The second-order valence-corrected chi connectivity index (χ2v) is 5.98. The standard InChI is InChI=1S/C18H18N4O3/c23-16-12-25-17-13(20-16)5-3-6-15(17)21-8-10-22(11-9-21)18(24)14-4-1-2-7-19-14/h1-7H,8-12H2,(H,20,23). The fourth-order valence-corrected chi connectivity index (χ4v) is 3.15. The highest BCUT2D eigenvalue weighted by atomic mass is 16.5. The van der Waals surface area contributed by atoms with Gasteiger partial charge in [-0.3, -0.25) is 14.6 Å². The highest BCUT2D eigenvalue weighted by Crippen LogP contribution is 2.38. The van der Waals surface area contributed by atoms with Crippen LogP contribution in [0, 0.1) is 0 Å². The van der Waals surface area contributed by atoms with E-state index in [1.165, 1.54) is 0 Å². The number of nitrogens with zero attached hydrogens (tertiary/aromatic N) is 3. The second-order valence-electron chi connectivity index (χ2n) is 5.98. The van der Waals surface area contributed by atoms with Crippen LogP contribution < -0.4 is 15.0 Å². The number of aromatic nitrogens is 1. The molecule has 1 saturated heterocycles.